The maximum atomic E-state index is 12.6. The van der Waals surface area contributed by atoms with Crippen molar-refractivity contribution in [2.45, 2.75) is 70.7 Å². The van der Waals surface area contributed by atoms with Crippen LogP contribution in [0.5, 0.6) is 11.5 Å². The Morgan fingerprint density at radius 3 is 2.55 bits per heavy atom. The Bertz CT molecular complexity index is 774. The number of hydrogen-bond acceptors (Lipinski definition) is 5. The van der Waals surface area contributed by atoms with Crippen LogP contribution < -0.4 is 0 Å². The molecule has 0 spiro atoms. The van der Waals surface area contributed by atoms with Crippen LogP contribution in [-0.2, 0) is 15.6 Å². The van der Waals surface area contributed by atoms with Gasteiger partial charge in [-0.15, -0.1) is 0 Å². The van der Waals surface area contributed by atoms with E-state index in [2.05, 4.69) is 39.9 Å². The Hall–Kier alpha value is -2.05. The maximum Gasteiger partial charge on any atom is 0.342 e. The van der Waals surface area contributed by atoms with Crippen LogP contribution in [0.2, 0.25) is 18.1 Å². The number of aromatic hydroxyl groups is 2. The number of esters is 1. The van der Waals surface area contributed by atoms with Gasteiger partial charge in [0.05, 0.1) is 12.7 Å². The summed E-state index contributed by atoms with van der Waals surface area (Å²) < 4.78 is 11.9. The molecule has 0 saturated carbocycles. The van der Waals surface area contributed by atoms with E-state index in [1.807, 2.05) is 18.2 Å². The number of phenols is 2. The molecule has 0 aliphatic carbocycles. The van der Waals surface area contributed by atoms with E-state index in [1.165, 1.54) is 12.1 Å². The fraction of sp³-hybridized carbons (Fsp3) is 0.522. The molecule has 1 aromatic rings. The molecule has 0 bridgehead atoms. The van der Waals surface area contributed by atoms with Crippen molar-refractivity contribution >= 4 is 14.3 Å². The molecule has 1 aliphatic rings. The van der Waals surface area contributed by atoms with Crippen LogP contribution in [0.1, 0.15) is 56.0 Å². The van der Waals surface area contributed by atoms with E-state index < -0.39 is 14.3 Å². The molecule has 1 aromatic carbocycles. The average molecular weight is 419 g/mol. The first-order valence-electron chi connectivity index (χ1n) is 10.2. The van der Waals surface area contributed by atoms with Crippen LogP contribution in [0.15, 0.2) is 36.4 Å². The number of rotatable bonds is 2. The molecule has 1 atom stereocenters. The molecule has 2 rings (SSSR count). The van der Waals surface area contributed by atoms with Gasteiger partial charge in [0.15, 0.2) is 8.32 Å². The van der Waals surface area contributed by atoms with Crippen molar-refractivity contribution in [2.75, 3.05) is 6.61 Å². The average Bonchev–Trinajstić information content (AvgIpc) is 2.57. The fourth-order valence-electron chi connectivity index (χ4n) is 2.95. The highest BCUT2D eigenvalue weighted by Gasteiger charge is 2.39. The minimum Gasteiger partial charge on any atom is -0.508 e. The van der Waals surface area contributed by atoms with Crippen molar-refractivity contribution in [3.05, 3.63) is 47.6 Å². The largest absolute Gasteiger partial charge is 0.508 e. The Morgan fingerprint density at radius 1 is 1.14 bits per heavy atom. The SMILES string of the molecule is CC(C)(C)[Si](C)(C)OC1C=CC=CCCCCOC(=O)c2c(O)cc(O)cc2C1. The molecule has 2 N–H and O–H groups in total. The molecule has 5 nitrogen and oxygen atoms in total. The van der Waals surface area contributed by atoms with Crippen molar-refractivity contribution in [2.24, 2.45) is 0 Å². The second-order valence-corrected chi connectivity index (χ2v) is 13.8. The van der Waals surface area contributed by atoms with Crippen LogP contribution >= 0.6 is 0 Å². The number of carbonyl (C=O) groups excluding carboxylic acids is 1. The van der Waals surface area contributed by atoms with Crippen molar-refractivity contribution in [1.82, 2.24) is 0 Å². The molecule has 0 aromatic heterocycles. The number of benzene rings is 1. The first kappa shape index (κ1) is 23.2. The lowest BCUT2D eigenvalue weighted by Gasteiger charge is -2.38. The summed E-state index contributed by atoms with van der Waals surface area (Å²) in [5.41, 5.74) is 0.620. The molecule has 0 fully saturated rings. The summed E-state index contributed by atoms with van der Waals surface area (Å²) in [6.45, 7) is 11.2. The first-order valence-corrected chi connectivity index (χ1v) is 13.2. The van der Waals surface area contributed by atoms with Gasteiger partial charge >= 0.3 is 5.97 Å². The number of phenolic OH excluding ortho intramolecular Hbond substituents is 2. The molecule has 6 heteroatoms. The van der Waals surface area contributed by atoms with Crippen LogP contribution in [-0.4, -0.2) is 37.2 Å². The van der Waals surface area contributed by atoms with E-state index in [1.54, 1.807) is 0 Å². The number of ether oxygens (including phenoxy) is 1. The van der Waals surface area contributed by atoms with Crippen LogP contribution in [0.25, 0.3) is 0 Å². The van der Waals surface area contributed by atoms with Gasteiger partial charge < -0.3 is 19.4 Å². The van der Waals surface area contributed by atoms with Gasteiger partial charge in [-0.05, 0) is 49.0 Å². The molecule has 29 heavy (non-hydrogen) atoms. The fourth-order valence-corrected chi connectivity index (χ4v) is 4.22. The molecule has 0 saturated heterocycles. The van der Waals surface area contributed by atoms with E-state index in [0.717, 1.165) is 19.3 Å². The summed E-state index contributed by atoms with van der Waals surface area (Å²) in [5, 5.41) is 20.4. The monoisotopic (exact) mass is 418 g/mol. The standard InChI is InChI=1S/C23H34O5Si/c1-23(2,3)29(4,5)28-19-12-10-8-6-7-9-11-13-27-22(26)21-17(15-19)14-18(24)16-20(21)25/h6,8,10,12,14,16,19,24-25H,7,9,11,13,15H2,1-5H3. The summed E-state index contributed by atoms with van der Waals surface area (Å²) in [5.74, 6) is -0.933. The van der Waals surface area contributed by atoms with Gasteiger partial charge in [0.1, 0.15) is 17.1 Å². The summed E-state index contributed by atoms with van der Waals surface area (Å²) in [6.07, 6.45) is 10.7. The number of carbonyl (C=O) groups is 1. The normalized spacial score (nSPS) is 19.3. The highest BCUT2D eigenvalue weighted by Crippen LogP contribution is 2.38. The molecular weight excluding hydrogens is 384 g/mol. The summed E-state index contributed by atoms with van der Waals surface area (Å²) in [4.78, 5) is 12.6. The van der Waals surface area contributed by atoms with Gasteiger partial charge in [0, 0.05) is 12.5 Å². The second-order valence-electron chi connectivity index (χ2n) is 9.06. The highest BCUT2D eigenvalue weighted by atomic mass is 28.4. The smallest absolute Gasteiger partial charge is 0.342 e. The molecule has 0 radical (unpaired) electrons. The predicted molar refractivity (Wildman–Crippen MR) is 118 cm³/mol. The van der Waals surface area contributed by atoms with E-state index in [-0.39, 0.29) is 28.2 Å². The quantitative estimate of drug-likeness (QED) is 0.491. The number of cyclic esters (lactones) is 1. The molecule has 1 heterocycles. The van der Waals surface area contributed by atoms with Crippen molar-refractivity contribution in [1.29, 1.82) is 0 Å². The van der Waals surface area contributed by atoms with Crippen LogP contribution in [0.3, 0.4) is 0 Å². The molecule has 0 amide bonds. The molecule has 1 aliphatic heterocycles. The van der Waals surface area contributed by atoms with Gasteiger partial charge in [0.25, 0.3) is 0 Å². The third-order valence-corrected chi connectivity index (χ3v) is 10.1. The zero-order valence-corrected chi connectivity index (χ0v) is 19.2. The number of allylic oxidation sites excluding steroid dienone is 3. The van der Waals surface area contributed by atoms with Gasteiger partial charge in [-0.3, -0.25) is 0 Å². The number of fused-ring (bicyclic) bond motifs is 1. The Kier molecular flexibility index (Phi) is 7.71. The summed E-state index contributed by atoms with van der Waals surface area (Å²) >= 11 is 0. The van der Waals surface area contributed by atoms with Gasteiger partial charge in [-0.2, -0.15) is 0 Å². The predicted octanol–water partition coefficient (Wildman–Crippen LogP) is 5.48. The molecule has 160 valence electrons. The van der Waals surface area contributed by atoms with E-state index >= 15 is 0 Å². The summed E-state index contributed by atoms with van der Waals surface area (Å²) in [6, 6.07) is 2.68. The second kappa shape index (κ2) is 9.63. The van der Waals surface area contributed by atoms with Gasteiger partial charge in [-0.25, -0.2) is 4.79 Å². The first-order chi connectivity index (χ1) is 13.5. The zero-order valence-electron chi connectivity index (χ0n) is 18.2. The Morgan fingerprint density at radius 2 is 1.86 bits per heavy atom. The Balaban J connectivity index is 2.45. The van der Waals surface area contributed by atoms with Gasteiger partial charge in [-0.1, -0.05) is 45.1 Å². The lowest BCUT2D eigenvalue weighted by atomic mass is 9.99. The van der Waals surface area contributed by atoms with E-state index in [0.29, 0.717) is 18.6 Å². The Labute approximate surface area is 175 Å². The van der Waals surface area contributed by atoms with E-state index in [9.17, 15) is 15.0 Å². The minimum absolute atomic E-state index is 0.0263. The maximum absolute atomic E-state index is 12.6. The van der Waals surface area contributed by atoms with Gasteiger partial charge in [0.2, 0.25) is 0 Å². The van der Waals surface area contributed by atoms with Crippen LogP contribution in [0.4, 0.5) is 0 Å². The zero-order chi connectivity index (χ0) is 21.7. The number of hydrogen-bond donors (Lipinski definition) is 2. The molecule has 1 unspecified atom stereocenters. The lowest BCUT2D eigenvalue weighted by Crippen LogP contribution is -2.44. The minimum atomic E-state index is -2.08. The van der Waals surface area contributed by atoms with Crippen LogP contribution in [0, 0.1) is 0 Å². The third kappa shape index (κ3) is 6.47. The topological polar surface area (TPSA) is 76.0 Å². The van der Waals surface area contributed by atoms with Crippen molar-refractivity contribution in [3.8, 4) is 11.5 Å². The van der Waals surface area contributed by atoms with E-state index in [4.69, 9.17) is 9.16 Å². The highest BCUT2D eigenvalue weighted by molar-refractivity contribution is 6.74. The lowest BCUT2D eigenvalue weighted by molar-refractivity contribution is 0.0493. The third-order valence-electron chi connectivity index (χ3n) is 5.63. The summed E-state index contributed by atoms with van der Waals surface area (Å²) in [7, 11) is -2.08. The van der Waals surface area contributed by atoms with Crippen molar-refractivity contribution < 1.29 is 24.2 Å². The van der Waals surface area contributed by atoms with Crippen molar-refractivity contribution in [3.63, 3.8) is 0 Å². The molecular formula is C23H34O5Si.